The zero-order valence-corrected chi connectivity index (χ0v) is 29.2. The number of benzene rings is 4. The van der Waals surface area contributed by atoms with Crippen molar-refractivity contribution in [1.82, 2.24) is 9.80 Å². The summed E-state index contributed by atoms with van der Waals surface area (Å²) in [7, 11) is 0. The van der Waals surface area contributed by atoms with E-state index in [1.807, 2.05) is 36.4 Å². The summed E-state index contributed by atoms with van der Waals surface area (Å²) < 4.78 is 13.5. The number of aliphatic hydroxyl groups excluding tert-OH is 1. The lowest BCUT2D eigenvalue weighted by Gasteiger charge is -2.41. The Morgan fingerprint density at radius 1 is 0.760 bits per heavy atom. The van der Waals surface area contributed by atoms with Gasteiger partial charge in [0.05, 0.1) is 36.5 Å². The van der Waals surface area contributed by atoms with Gasteiger partial charge in [0.2, 0.25) is 0 Å². The maximum Gasteiger partial charge on any atom is 0.261 e. The van der Waals surface area contributed by atoms with Gasteiger partial charge in [-0.15, -0.1) is 0 Å². The van der Waals surface area contributed by atoms with Crippen LogP contribution in [-0.4, -0.2) is 52.0 Å². The second-order valence-corrected chi connectivity index (χ2v) is 16.1. The summed E-state index contributed by atoms with van der Waals surface area (Å²) in [6.07, 6.45) is 3.90. The van der Waals surface area contributed by atoms with Crippen LogP contribution in [0.25, 0.3) is 11.1 Å². The van der Waals surface area contributed by atoms with E-state index in [4.69, 9.17) is 9.47 Å². The van der Waals surface area contributed by atoms with Gasteiger partial charge in [0.15, 0.2) is 6.29 Å². The van der Waals surface area contributed by atoms with E-state index in [-0.39, 0.29) is 37.2 Å². The summed E-state index contributed by atoms with van der Waals surface area (Å²) >= 11 is 0. The van der Waals surface area contributed by atoms with Crippen molar-refractivity contribution in [3.63, 3.8) is 0 Å². The Bertz CT molecular complexity index is 1870. The van der Waals surface area contributed by atoms with Crippen LogP contribution in [0.3, 0.4) is 0 Å². The lowest BCUT2D eigenvalue weighted by atomic mass is 9.65. The Morgan fingerprint density at radius 2 is 1.46 bits per heavy atom. The van der Waals surface area contributed by atoms with E-state index in [1.165, 1.54) is 24.2 Å². The number of likely N-dealkylation sites (tertiary alicyclic amines) is 1. The molecule has 1 aliphatic carbocycles. The molecule has 3 fully saturated rings. The first-order chi connectivity index (χ1) is 24.1. The van der Waals surface area contributed by atoms with Crippen LogP contribution in [0.4, 0.5) is 0 Å². The summed E-state index contributed by atoms with van der Waals surface area (Å²) in [5, 5.41) is 9.62. The van der Waals surface area contributed by atoms with Crippen LogP contribution in [0, 0.1) is 10.8 Å². The number of amides is 2. The molecule has 2 bridgehead atoms. The molecule has 2 saturated heterocycles. The number of hydrogen-bond acceptors (Lipinski definition) is 6. The van der Waals surface area contributed by atoms with Crippen LogP contribution in [0.5, 0.6) is 0 Å². The van der Waals surface area contributed by atoms with Crippen molar-refractivity contribution in [2.45, 2.75) is 84.1 Å². The molecule has 7 nitrogen and oxygen atoms in total. The average molecular weight is 671 g/mol. The zero-order chi connectivity index (χ0) is 34.6. The third-order valence-electron chi connectivity index (χ3n) is 11.2. The molecule has 5 unspecified atom stereocenters. The van der Waals surface area contributed by atoms with Crippen LogP contribution in [0.2, 0.25) is 0 Å². The molecule has 5 atom stereocenters. The molecular weight excluding hydrogens is 624 g/mol. The Labute approximate surface area is 294 Å². The van der Waals surface area contributed by atoms with E-state index >= 15 is 0 Å². The molecule has 0 spiro atoms. The van der Waals surface area contributed by atoms with Gasteiger partial charge in [-0.25, -0.2) is 0 Å². The first-order valence-corrected chi connectivity index (χ1v) is 18.0. The number of nitrogens with zero attached hydrogens (tertiary/aromatic N) is 2. The van der Waals surface area contributed by atoms with E-state index in [2.05, 4.69) is 62.1 Å². The lowest BCUT2D eigenvalue weighted by molar-refractivity contribution is -0.253. The fourth-order valence-electron chi connectivity index (χ4n) is 9.33. The minimum Gasteiger partial charge on any atom is -0.392 e. The molecule has 7 heteroatoms. The number of imide groups is 1. The van der Waals surface area contributed by atoms with Gasteiger partial charge in [0, 0.05) is 31.1 Å². The molecule has 8 rings (SSSR count). The van der Waals surface area contributed by atoms with Crippen molar-refractivity contribution >= 4 is 11.8 Å². The highest BCUT2D eigenvalue weighted by Crippen LogP contribution is 2.53. The smallest absolute Gasteiger partial charge is 0.261 e. The molecule has 0 radical (unpaired) electrons. The number of rotatable bonds is 8. The van der Waals surface area contributed by atoms with Crippen LogP contribution >= 0.6 is 0 Å². The molecular formula is C43H46N2O5. The monoisotopic (exact) mass is 670 g/mol. The van der Waals surface area contributed by atoms with Crippen molar-refractivity contribution in [3.05, 3.63) is 130 Å². The number of carbonyl (C=O) groups is 2. The van der Waals surface area contributed by atoms with Crippen molar-refractivity contribution in [3.8, 4) is 11.1 Å². The summed E-state index contributed by atoms with van der Waals surface area (Å²) in [4.78, 5) is 30.0. The standard InChI is InChI=1S/C43H46N2O5/c1-42(2)21-34-22-43(3,26-42)27-44(34)24-35-20-38(31-13-11-28(25-46)12-14-31)50-41(49-35)32-17-15-30(16-18-32)33-8-6-7-29(19-33)23-45-39(47)36-9-4-5-10-37(36)40(45)48/h4-19,34-35,38,41,46H,20-27H2,1-3H3. The fraction of sp³-hybridized carbons (Fsp3) is 0.395. The SMILES string of the molecule is CC1(C)CC2CC(C)(CN2CC2CC(c3ccc(CO)cc3)OC(c3ccc(-c4cccc(CN5C(=O)c6ccccc6C5=O)c4)cc3)O2)C1. The second kappa shape index (κ2) is 12.9. The van der Waals surface area contributed by atoms with Gasteiger partial charge in [0.1, 0.15) is 0 Å². The van der Waals surface area contributed by atoms with Crippen molar-refractivity contribution < 1.29 is 24.2 Å². The van der Waals surface area contributed by atoms with Gasteiger partial charge in [-0.1, -0.05) is 99.6 Å². The van der Waals surface area contributed by atoms with Gasteiger partial charge >= 0.3 is 0 Å². The van der Waals surface area contributed by atoms with Gasteiger partial charge in [-0.2, -0.15) is 0 Å². The van der Waals surface area contributed by atoms with E-state index in [0.717, 1.165) is 52.9 Å². The molecule has 2 amide bonds. The zero-order valence-electron chi connectivity index (χ0n) is 29.2. The van der Waals surface area contributed by atoms with Crippen molar-refractivity contribution in [2.75, 3.05) is 13.1 Å². The molecule has 1 N–H and O–H groups in total. The predicted octanol–water partition coefficient (Wildman–Crippen LogP) is 8.09. The summed E-state index contributed by atoms with van der Waals surface area (Å²) in [6, 6.07) is 32.0. The maximum atomic E-state index is 13.0. The third kappa shape index (κ3) is 6.44. The Morgan fingerprint density at radius 3 is 2.16 bits per heavy atom. The van der Waals surface area contributed by atoms with E-state index in [9.17, 15) is 14.7 Å². The highest BCUT2D eigenvalue weighted by atomic mass is 16.7. The summed E-state index contributed by atoms with van der Waals surface area (Å²) in [6.45, 7) is 9.54. The number of carbonyl (C=O) groups excluding carboxylic acids is 2. The fourth-order valence-corrected chi connectivity index (χ4v) is 9.33. The summed E-state index contributed by atoms with van der Waals surface area (Å²) in [5.41, 5.74) is 7.51. The Hall–Kier alpha value is -4.14. The number of hydrogen-bond donors (Lipinski definition) is 1. The molecule has 1 saturated carbocycles. The van der Waals surface area contributed by atoms with Gasteiger partial charge in [-0.05, 0) is 76.1 Å². The molecule has 0 aromatic heterocycles. The first-order valence-electron chi connectivity index (χ1n) is 18.0. The molecule has 50 heavy (non-hydrogen) atoms. The predicted molar refractivity (Wildman–Crippen MR) is 192 cm³/mol. The number of fused-ring (bicyclic) bond motifs is 3. The molecule has 3 aliphatic heterocycles. The Kier molecular flexibility index (Phi) is 8.51. The lowest BCUT2D eigenvalue weighted by Crippen LogP contribution is -2.42. The van der Waals surface area contributed by atoms with Gasteiger partial charge < -0.3 is 14.6 Å². The van der Waals surface area contributed by atoms with Gasteiger partial charge in [0.25, 0.3) is 11.8 Å². The van der Waals surface area contributed by atoms with E-state index in [1.54, 1.807) is 24.3 Å². The average Bonchev–Trinajstić information content (AvgIpc) is 3.50. The highest BCUT2D eigenvalue weighted by molar-refractivity contribution is 6.21. The second-order valence-electron chi connectivity index (χ2n) is 16.1. The molecule has 258 valence electrons. The van der Waals surface area contributed by atoms with Crippen LogP contribution < -0.4 is 0 Å². The Balaban J connectivity index is 1.00. The van der Waals surface area contributed by atoms with Crippen molar-refractivity contribution in [1.29, 1.82) is 0 Å². The highest BCUT2D eigenvalue weighted by Gasteiger charge is 2.50. The summed E-state index contributed by atoms with van der Waals surface area (Å²) in [5.74, 6) is -0.501. The molecule has 3 heterocycles. The van der Waals surface area contributed by atoms with Crippen LogP contribution in [0.1, 0.15) is 102 Å². The normalized spacial score (nSPS) is 27.5. The molecule has 4 aromatic rings. The first kappa shape index (κ1) is 33.0. The topological polar surface area (TPSA) is 79.3 Å². The van der Waals surface area contributed by atoms with Crippen LogP contribution in [0.15, 0.2) is 97.1 Å². The number of ether oxygens (including phenoxy) is 2. The quantitative estimate of drug-likeness (QED) is 0.191. The number of aliphatic hydroxyl groups is 1. The van der Waals surface area contributed by atoms with E-state index in [0.29, 0.717) is 28.0 Å². The van der Waals surface area contributed by atoms with Crippen molar-refractivity contribution in [2.24, 2.45) is 10.8 Å². The minimum absolute atomic E-state index is 0.0147. The third-order valence-corrected chi connectivity index (χ3v) is 11.2. The molecule has 4 aromatic carbocycles. The minimum atomic E-state index is -0.514. The molecule has 4 aliphatic rings. The largest absolute Gasteiger partial charge is 0.392 e. The van der Waals surface area contributed by atoms with Crippen LogP contribution in [-0.2, 0) is 22.6 Å². The van der Waals surface area contributed by atoms with Gasteiger partial charge in [-0.3, -0.25) is 19.4 Å². The van der Waals surface area contributed by atoms with E-state index < -0.39 is 6.29 Å². The maximum absolute atomic E-state index is 13.0.